The first-order valence-electron chi connectivity index (χ1n) is 12.3. The average molecular weight is 473 g/mol. The van der Waals surface area contributed by atoms with Gasteiger partial charge in [0.1, 0.15) is 11.8 Å². The first kappa shape index (κ1) is 23.2. The monoisotopic (exact) mass is 472 g/mol. The lowest BCUT2D eigenvalue weighted by molar-refractivity contribution is 0.220. The SMILES string of the molecule is COc1ccc(Cn2nnnc2[C@@H](c2cc3cc(C)cc(C)c3[nH]c2=O)N2CCCCCC2)cc1. The zero-order chi connectivity index (χ0) is 24.4. The molecule has 8 heteroatoms. The molecule has 35 heavy (non-hydrogen) atoms. The Morgan fingerprint density at radius 1 is 1.03 bits per heavy atom. The topological polar surface area (TPSA) is 88.9 Å². The van der Waals surface area contributed by atoms with Crippen LogP contribution in [0.25, 0.3) is 10.9 Å². The fraction of sp³-hybridized carbons (Fsp3) is 0.407. The normalized spacial score (nSPS) is 15.7. The molecule has 1 fully saturated rings. The second kappa shape index (κ2) is 10.00. The molecule has 0 unspecified atom stereocenters. The molecule has 1 atom stereocenters. The highest BCUT2D eigenvalue weighted by atomic mass is 16.5. The third-order valence-corrected chi connectivity index (χ3v) is 6.92. The van der Waals surface area contributed by atoms with Gasteiger partial charge in [0.25, 0.3) is 5.56 Å². The molecule has 182 valence electrons. The van der Waals surface area contributed by atoms with E-state index in [1.807, 2.05) is 41.9 Å². The largest absolute Gasteiger partial charge is 0.497 e. The Balaban J connectivity index is 1.61. The molecule has 2 aromatic heterocycles. The van der Waals surface area contributed by atoms with Gasteiger partial charge < -0.3 is 9.72 Å². The maximum atomic E-state index is 13.5. The lowest BCUT2D eigenvalue weighted by Crippen LogP contribution is -2.36. The highest BCUT2D eigenvalue weighted by molar-refractivity contribution is 5.83. The van der Waals surface area contributed by atoms with E-state index >= 15 is 0 Å². The minimum Gasteiger partial charge on any atom is -0.497 e. The van der Waals surface area contributed by atoms with Gasteiger partial charge in [0.05, 0.1) is 19.2 Å². The van der Waals surface area contributed by atoms with E-state index in [1.165, 1.54) is 18.4 Å². The third kappa shape index (κ3) is 4.84. The summed E-state index contributed by atoms with van der Waals surface area (Å²) in [4.78, 5) is 19.0. The van der Waals surface area contributed by atoms with Crippen molar-refractivity contribution in [2.75, 3.05) is 20.2 Å². The second-order valence-electron chi connectivity index (χ2n) is 9.50. The lowest BCUT2D eigenvalue weighted by Gasteiger charge is -2.29. The summed E-state index contributed by atoms with van der Waals surface area (Å²) in [6.07, 6.45) is 4.60. The van der Waals surface area contributed by atoms with Gasteiger partial charge in [-0.05, 0) is 91.0 Å². The van der Waals surface area contributed by atoms with Crippen molar-refractivity contribution in [2.45, 2.75) is 52.1 Å². The third-order valence-electron chi connectivity index (χ3n) is 6.92. The van der Waals surface area contributed by atoms with Crippen molar-refractivity contribution in [3.05, 3.63) is 80.9 Å². The van der Waals surface area contributed by atoms with Gasteiger partial charge in [-0.15, -0.1) is 5.10 Å². The predicted octanol–water partition coefficient (Wildman–Crippen LogP) is 4.15. The maximum absolute atomic E-state index is 13.5. The van der Waals surface area contributed by atoms with Crippen molar-refractivity contribution in [1.82, 2.24) is 30.1 Å². The van der Waals surface area contributed by atoms with Gasteiger partial charge in [0, 0.05) is 5.56 Å². The van der Waals surface area contributed by atoms with Gasteiger partial charge in [-0.25, -0.2) is 4.68 Å². The number of pyridine rings is 1. The fourth-order valence-electron chi connectivity index (χ4n) is 5.18. The van der Waals surface area contributed by atoms with E-state index in [4.69, 9.17) is 4.74 Å². The van der Waals surface area contributed by atoms with Crippen LogP contribution in [0.2, 0.25) is 0 Å². The van der Waals surface area contributed by atoms with Gasteiger partial charge >= 0.3 is 0 Å². The Bertz CT molecular complexity index is 1370. The molecular weight excluding hydrogens is 440 g/mol. The number of benzene rings is 2. The number of aryl methyl sites for hydroxylation is 2. The molecule has 1 aliphatic rings. The Labute approximate surface area is 204 Å². The van der Waals surface area contributed by atoms with Crippen LogP contribution >= 0.6 is 0 Å². The number of hydrogen-bond acceptors (Lipinski definition) is 6. The first-order valence-corrected chi connectivity index (χ1v) is 12.3. The number of methoxy groups -OCH3 is 1. The van der Waals surface area contributed by atoms with E-state index in [0.29, 0.717) is 17.9 Å². The van der Waals surface area contributed by atoms with E-state index in [9.17, 15) is 4.79 Å². The quantitative estimate of drug-likeness (QED) is 0.453. The summed E-state index contributed by atoms with van der Waals surface area (Å²) in [5.41, 5.74) is 4.79. The molecule has 1 aliphatic heterocycles. The van der Waals surface area contributed by atoms with Crippen LogP contribution in [0.15, 0.2) is 47.3 Å². The Kier molecular flexibility index (Phi) is 6.63. The van der Waals surface area contributed by atoms with Gasteiger partial charge in [0.15, 0.2) is 5.82 Å². The zero-order valence-corrected chi connectivity index (χ0v) is 20.6. The first-order chi connectivity index (χ1) is 17.0. The summed E-state index contributed by atoms with van der Waals surface area (Å²) >= 11 is 0. The molecule has 4 aromatic rings. The highest BCUT2D eigenvalue weighted by Gasteiger charge is 2.31. The van der Waals surface area contributed by atoms with Crippen molar-refractivity contribution < 1.29 is 4.74 Å². The average Bonchev–Trinajstić information content (AvgIpc) is 3.12. The number of tetrazole rings is 1. The molecule has 0 aliphatic carbocycles. The number of nitrogens with one attached hydrogen (secondary N) is 1. The standard InChI is InChI=1S/C27H32N6O2/c1-18-14-19(2)24-21(15-18)16-23(27(34)28-24)25(32-12-6-4-5-7-13-32)26-29-30-31-33(26)17-20-8-10-22(35-3)11-9-20/h8-11,14-16,25H,4-7,12-13,17H2,1-3H3,(H,28,34)/t25-/m1/s1. The highest BCUT2D eigenvalue weighted by Crippen LogP contribution is 2.30. The summed E-state index contributed by atoms with van der Waals surface area (Å²) in [5, 5.41) is 13.9. The molecule has 0 saturated carbocycles. The van der Waals surface area contributed by atoms with Gasteiger partial charge in [-0.1, -0.05) is 36.6 Å². The summed E-state index contributed by atoms with van der Waals surface area (Å²) in [7, 11) is 1.66. The molecule has 0 spiro atoms. The van der Waals surface area contributed by atoms with Gasteiger partial charge in [0.2, 0.25) is 0 Å². The van der Waals surface area contributed by atoms with Gasteiger partial charge in [-0.2, -0.15) is 0 Å². The van der Waals surface area contributed by atoms with Crippen molar-refractivity contribution in [3.63, 3.8) is 0 Å². The molecule has 5 rings (SSSR count). The van der Waals surface area contributed by atoms with Crippen molar-refractivity contribution >= 4 is 10.9 Å². The Hall–Kier alpha value is -3.52. The van der Waals surface area contributed by atoms with Crippen molar-refractivity contribution in [3.8, 4) is 5.75 Å². The molecular formula is C27H32N6O2. The molecule has 0 bridgehead atoms. The van der Waals surface area contributed by atoms with E-state index in [-0.39, 0.29) is 11.6 Å². The summed E-state index contributed by atoms with van der Waals surface area (Å²) in [6.45, 7) is 6.45. The van der Waals surface area contributed by atoms with Gasteiger partial charge in [-0.3, -0.25) is 9.69 Å². The minimum atomic E-state index is -0.324. The molecule has 3 heterocycles. The van der Waals surface area contributed by atoms with Crippen LogP contribution in [-0.2, 0) is 6.54 Å². The number of hydrogen-bond donors (Lipinski definition) is 1. The molecule has 8 nitrogen and oxygen atoms in total. The van der Waals surface area contributed by atoms with Crippen LogP contribution < -0.4 is 10.3 Å². The predicted molar refractivity (Wildman–Crippen MR) is 136 cm³/mol. The molecule has 1 saturated heterocycles. The van der Waals surface area contributed by atoms with Crippen LogP contribution in [-0.4, -0.2) is 50.3 Å². The number of aromatic amines is 1. The number of rotatable bonds is 6. The Morgan fingerprint density at radius 2 is 1.77 bits per heavy atom. The van der Waals surface area contributed by atoms with E-state index in [0.717, 1.165) is 53.7 Å². The molecule has 1 N–H and O–H groups in total. The van der Waals surface area contributed by atoms with E-state index in [2.05, 4.69) is 44.5 Å². The molecule has 0 radical (unpaired) electrons. The van der Waals surface area contributed by atoms with E-state index in [1.54, 1.807) is 7.11 Å². The number of nitrogens with zero attached hydrogens (tertiary/aromatic N) is 5. The number of fused-ring (bicyclic) bond motifs is 1. The smallest absolute Gasteiger partial charge is 0.253 e. The number of aromatic nitrogens is 5. The lowest BCUT2D eigenvalue weighted by atomic mass is 10.0. The fourth-order valence-corrected chi connectivity index (χ4v) is 5.18. The zero-order valence-electron chi connectivity index (χ0n) is 20.6. The van der Waals surface area contributed by atoms with Crippen LogP contribution in [0.5, 0.6) is 5.75 Å². The summed E-state index contributed by atoms with van der Waals surface area (Å²) < 4.78 is 7.11. The molecule has 0 amide bonds. The number of likely N-dealkylation sites (tertiary alicyclic amines) is 1. The number of H-pyrrole nitrogens is 1. The minimum absolute atomic E-state index is 0.0855. The van der Waals surface area contributed by atoms with Crippen molar-refractivity contribution in [2.24, 2.45) is 0 Å². The number of ether oxygens (including phenoxy) is 1. The van der Waals surface area contributed by atoms with Crippen LogP contribution in [0, 0.1) is 13.8 Å². The van der Waals surface area contributed by atoms with Crippen LogP contribution in [0.4, 0.5) is 0 Å². The summed E-state index contributed by atoms with van der Waals surface area (Å²) in [6, 6.07) is 13.8. The van der Waals surface area contributed by atoms with Crippen LogP contribution in [0.3, 0.4) is 0 Å². The Morgan fingerprint density at radius 3 is 2.49 bits per heavy atom. The summed E-state index contributed by atoms with van der Waals surface area (Å²) in [5.74, 6) is 1.50. The second-order valence-corrected chi connectivity index (χ2v) is 9.50. The van der Waals surface area contributed by atoms with Crippen molar-refractivity contribution in [1.29, 1.82) is 0 Å². The van der Waals surface area contributed by atoms with Crippen LogP contribution in [0.1, 0.15) is 59.8 Å². The van der Waals surface area contributed by atoms with E-state index < -0.39 is 0 Å². The molecule has 2 aromatic carbocycles. The maximum Gasteiger partial charge on any atom is 0.253 e.